The Bertz CT molecular complexity index is 1060. The van der Waals surface area contributed by atoms with Crippen molar-refractivity contribution in [3.8, 4) is 17.0 Å². The van der Waals surface area contributed by atoms with Gasteiger partial charge in [-0.2, -0.15) is 0 Å². The number of urea groups is 1. The van der Waals surface area contributed by atoms with Gasteiger partial charge in [-0.3, -0.25) is 0 Å². The molecule has 0 bridgehead atoms. The fourth-order valence-corrected chi connectivity index (χ4v) is 4.55. The lowest BCUT2D eigenvalue weighted by Crippen LogP contribution is -2.34. The first-order chi connectivity index (χ1) is 15.0. The SMILES string of the molecule is CCOc1ccc2c(N)c(-c3ccc(NC(=O)NC(C)C)cc3)n(C3CCCC3)c2c1. The van der Waals surface area contributed by atoms with Crippen LogP contribution < -0.4 is 21.1 Å². The predicted molar refractivity (Wildman–Crippen MR) is 128 cm³/mol. The molecule has 164 valence electrons. The van der Waals surface area contributed by atoms with Gasteiger partial charge in [-0.1, -0.05) is 25.0 Å². The van der Waals surface area contributed by atoms with Gasteiger partial charge in [-0.15, -0.1) is 0 Å². The lowest BCUT2D eigenvalue weighted by atomic mass is 10.1. The van der Waals surface area contributed by atoms with Gasteiger partial charge in [0.1, 0.15) is 5.75 Å². The number of nitrogens with two attached hydrogens (primary N) is 1. The zero-order valence-corrected chi connectivity index (χ0v) is 18.6. The number of fused-ring (bicyclic) bond motifs is 1. The van der Waals surface area contributed by atoms with E-state index in [1.165, 1.54) is 12.8 Å². The van der Waals surface area contributed by atoms with E-state index in [1.54, 1.807) is 0 Å². The molecule has 0 unspecified atom stereocenters. The van der Waals surface area contributed by atoms with Crippen molar-refractivity contribution in [3.05, 3.63) is 42.5 Å². The summed E-state index contributed by atoms with van der Waals surface area (Å²) in [5.41, 5.74) is 11.5. The zero-order chi connectivity index (χ0) is 22.0. The molecule has 2 amide bonds. The normalized spacial score (nSPS) is 14.3. The molecule has 0 spiro atoms. The molecule has 0 aliphatic heterocycles. The number of anilines is 2. The van der Waals surface area contributed by atoms with E-state index in [1.807, 2.05) is 51.1 Å². The van der Waals surface area contributed by atoms with Gasteiger partial charge in [0.25, 0.3) is 0 Å². The maximum absolute atomic E-state index is 12.0. The third-order valence-electron chi connectivity index (χ3n) is 5.85. The van der Waals surface area contributed by atoms with Gasteiger partial charge in [-0.05, 0) is 57.9 Å². The number of rotatable bonds is 6. The number of carbonyl (C=O) groups excluding carboxylic acids is 1. The Morgan fingerprint density at radius 1 is 1.16 bits per heavy atom. The molecule has 4 N–H and O–H groups in total. The van der Waals surface area contributed by atoms with Gasteiger partial charge in [0.15, 0.2) is 0 Å². The molecule has 1 aliphatic carbocycles. The first-order valence-electron chi connectivity index (χ1n) is 11.2. The molecule has 0 radical (unpaired) electrons. The van der Waals surface area contributed by atoms with Crippen LogP contribution in [0.3, 0.4) is 0 Å². The second-order valence-corrected chi connectivity index (χ2v) is 8.51. The molecule has 6 heteroatoms. The Hall–Kier alpha value is -3.15. The summed E-state index contributed by atoms with van der Waals surface area (Å²) in [6, 6.07) is 14.4. The van der Waals surface area contributed by atoms with E-state index in [2.05, 4.69) is 27.3 Å². The fraction of sp³-hybridized carbons (Fsp3) is 0.400. The van der Waals surface area contributed by atoms with Gasteiger partial charge in [0.05, 0.1) is 23.5 Å². The highest BCUT2D eigenvalue weighted by molar-refractivity contribution is 6.01. The first kappa shape index (κ1) is 21.1. The third kappa shape index (κ3) is 4.33. The van der Waals surface area contributed by atoms with Crippen molar-refractivity contribution < 1.29 is 9.53 Å². The van der Waals surface area contributed by atoms with Crippen molar-refractivity contribution in [1.29, 1.82) is 0 Å². The summed E-state index contributed by atoms with van der Waals surface area (Å²) in [7, 11) is 0. The summed E-state index contributed by atoms with van der Waals surface area (Å²) < 4.78 is 8.18. The molecule has 2 aromatic carbocycles. The molecule has 1 saturated carbocycles. The lowest BCUT2D eigenvalue weighted by Gasteiger charge is -2.19. The number of carbonyl (C=O) groups is 1. The van der Waals surface area contributed by atoms with Crippen LogP contribution in [0.2, 0.25) is 0 Å². The van der Waals surface area contributed by atoms with E-state index in [0.717, 1.165) is 52.1 Å². The van der Waals surface area contributed by atoms with E-state index in [9.17, 15) is 4.79 Å². The molecule has 1 fully saturated rings. The molecule has 0 saturated heterocycles. The number of ether oxygens (including phenoxy) is 1. The van der Waals surface area contributed by atoms with Crippen molar-refractivity contribution in [1.82, 2.24) is 9.88 Å². The van der Waals surface area contributed by atoms with Crippen molar-refractivity contribution >= 4 is 28.3 Å². The van der Waals surface area contributed by atoms with Crippen molar-refractivity contribution in [2.75, 3.05) is 17.7 Å². The Balaban J connectivity index is 1.75. The van der Waals surface area contributed by atoms with E-state index in [-0.39, 0.29) is 12.1 Å². The number of amides is 2. The Labute approximate surface area is 183 Å². The summed E-state index contributed by atoms with van der Waals surface area (Å²) in [6.45, 7) is 6.50. The molecule has 1 aromatic heterocycles. The van der Waals surface area contributed by atoms with Crippen LogP contribution in [0.15, 0.2) is 42.5 Å². The van der Waals surface area contributed by atoms with Crippen LogP contribution in [-0.2, 0) is 0 Å². The molecular formula is C25H32N4O2. The molecule has 31 heavy (non-hydrogen) atoms. The summed E-state index contributed by atoms with van der Waals surface area (Å²) in [5.74, 6) is 0.869. The van der Waals surface area contributed by atoms with Crippen molar-refractivity contribution in [2.45, 2.75) is 58.5 Å². The van der Waals surface area contributed by atoms with Crippen LogP contribution in [0.5, 0.6) is 5.75 Å². The maximum atomic E-state index is 12.0. The van der Waals surface area contributed by atoms with Crippen LogP contribution in [-0.4, -0.2) is 23.2 Å². The smallest absolute Gasteiger partial charge is 0.319 e. The second kappa shape index (κ2) is 8.92. The summed E-state index contributed by atoms with van der Waals surface area (Å²) in [5, 5.41) is 6.78. The highest BCUT2D eigenvalue weighted by Crippen LogP contribution is 2.43. The molecule has 0 atom stereocenters. The molecular weight excluding hydrogens is 388 g/mol. The summed E-state index contributed by atoms with van der Waals surface area (Å²) in [4.78, 5) is 12.0. The topological polar surface area (TPSA) is 81.3 Å². The molecule has 1 heterocycles. The highest BCUT2D eigenvalue weighted by atomic mass is 16.5. The third-order valence-corrected chi connectivity index (χ3v) is 5.85. The Morgan fingerprint density at radius 3 is 2.52 bits per heavy atom. The van der Waals surface area contributed by atoms with Crippen molar-refractivity contribution in [3.63, 3.8) is 0 Å². The monoisotopic (exact) mass is 420 g/mol. The summed E-state index contributed by atoms with van der Waals surface area (Å²) >= 11 is 0. The first-order valence-corrected chi connectivity index (χ1v) is 11.2. The Kier molecular flexibility index (Phi) is 6.07. The summed E-state index contributed by atoms with van der Waals surface area (Å²) in [6.07, 6.45) is 4.79. The van der Waals surface area contributed by atoms with Crippen LogP contribution in [0.25, 0.3) is 22.2 Å². The number of hydrogen-bond acceptors (Lipinski definition) is 3. The van der Waals surface area contributed by atoms with Gasteiger partial charge in [0, 0.05) is 34.8 Å². The Morgan fingerprint density at radius 2 is 1.87 bits per heavy atom. The van der Waals surface area contributed by atoms with Gasteiger partial charge in [-0.25, -0.2) is 4.79 Å². The minimum atomic E-state index is -0.203. The van der Waals surface area contributed by atoms with Crippen LogP contribution >= 0.6 is 0 Å². The van der Waals surface area contributed by atoms with Crippen LogP contribution in [0.4, 0.5) is 16.2 Å². The minimum Gasteiger partial charge on any atom is -0.494 e. The predicted octanol–water partition coefficient (Wildman–Crippen LogP) is 5.93. The number of hydrogen-bond donors (Lipinski definition) is 3. The standard InChI is InChI=1S/C25H32N4O2/c1-4-31-20-13-14-21-22(15-20)29(19-7-5-6-8-19)24(23(21)26)17-9-11-18(12-10-17)28-25(30)27-16(2)3/h9-16,19H,4-8,26H2,1-3H3,(H2,27,28,30). The lowest BCUT2D eigenvalue weighted by molar-refractivity contribution is 0.250. The average Bonchev–Trinajstić information content (AvgIpc) is 3.35. The number of aromatic nitrogens is 1. The van der Waals surface area contributed by atoms with Crippen LogP contribution in [0, 0.1) is 0 Å². The van der Waals surface area contributed by atoms with Crippen molar-refractivity contribution in [2.24, 2.45) is 0 Å². The highest BCUT2D eigenvalue weighted by Gasteiger charge is 2.25. The molecule has 1 aliphatic rings. The number of nitrogen functional groups attached to an aromatic ring is 1. The molecule has 6 nitrogen and oxygen atoms in total. The van der Waals surface area contributed by atoms with E-state index in [0.29, 0.717) is 12.6 Å². The maximum Gasteiger partial charge on any atom is 0.319 e. The minimum absolute atomic E-state index is 0.0859. The zero-order valence-electron chi connectivity index (χ0n) is 18.6. The number of nitrogens with one attached hydrogen (secondary N) is 2. The van der Waals surface area contributed by atoms with Gasteiger partial charge >= 0.3 is 6.03 Å². The second-order valence-electron chi connectivity index (χ2n) is 8.51. The molecule has 4 rings (SSSR count). The average molecular weight is 421 g/mol. The number of benzene rings is 2. The van der Waals surface area contributed by atoms with E-state index >= 15 is 0 Å². The quantitative estimate of drug-likeness (QED) is 0.462. The largest absolute Gasteiger partial charge is 0.494 e. The fourth-order valence-electron chi connectivity index (χ4n) is 4.55. The van der Waals surface area contributed by atoms with Gasteiger partial charge in [0.2, 0.25) is 0 Å². The van der Waals surface area contributed by atoms with E-state index in [4.69, 9.17) is 10.5 Å². The van der Waals surface area contributed by atoms with E-state index < -0.39 is 0 Å². The number of nitrogens with zero attached hydrogens (tertiary/aromatic N) is 1. The van der Waals surface area contributed by atoms with Crippen LogP contribution in [0.1, 0.15) is 52.5 Å². The molecule has 3 aromatic rings. The van der Waals surface area contributed by atoms with Gasteiger partial charge < -0.3 is 25.7 Å².